The molecule has 4 aromatic rings. The zero-order valence-electron chi connectivity index (χ0n) is 19.1. The molecule has 0 N–H and O–H groups in total. The maximum Gasteiger partial charge on any atom is 0.338 e. The first-order chi connectivity index (χ1) is 16.7. The van der Waals surface area contributed by atoms with Crippen LogP contribution in [0.2, 0.25) is 0 Å². The SMILES string of the molecule is COc1cc2nc3sc4c(n3c(=O)c2cc1OC)C(=O)N(c1ccc(C(=O)OC(C)C)cc1)C4=O. The number of esters is 1. The smallest absolute Gasteiger partial charge is 0.338 e. The number of fused-ring (bicyclic) bond motifs is 4. The number of thiazole rings is 1. The molecule has 0 atom stereocenters. The van der Waals surface area contributed by atoms with Crippen LogP contribution in [-0.2, 0) is 4.74 Å². The normalized spacial score (nSPS) is 13.1. The van der Waals surface area contributed by atoms with Gasteiger partial charge < -0.3 is 14.2 Å². The molecule has 2 amide bonds. The van der Waals surface area contributed by atoms with Gasteiger partial charge in [0.1, 0.15) is 10.6 Å². The minimum Gasteiger partial charge on any atom is -0.493 e. The number of rotatable bonds is 5. The number of aromatic nitrogens is 2. The monoisotopic (exact) mass is 493 g/mol. The average molecular weight is 493 g/mol. The molecule has 0 unspecified atom stereocenters. The largest absolute Gasteiger partial charge is 0.493 e. The van der Waals surface area contributed by atoms with Gasteiger partial charge in [-0.2, -0.15) is 0 Å². The number of imide groups is 1. The van der Waals surface area contributed by atoms with Crippen LogP contribution in [0.5, 0.6) is 11.5 Å². The fraction of sp³-hybridized carbons (Fsp3) is 0.208. The van der Waals surface area contributed by atoms with Crippen LogP contribution in [0.15, 0.2) is 41.2 Å². The highest BCUT2D eigenvalue weighted by Crippen LogP contribution is 2.35. The Hall–Kier alpha value is -4.25. The second kappa shape index (κ2) is 8.20. The van der Waals surface area contributed by atoms with Gasteiger partial charge in [-0.1, -0.05) is 11.3 Å². The minimum atomic E-state index is -0.655. The minimum absolute atomic E-state index is 0.0486. The molecule has 2 aromatic heterocycles. The third kappa shape index (κ3) is 3.43. The van der Waals surface area contributed by atoms with Gasteiger partial charge in [-0.05, 0) is 44.2 Å². The Kier molecular flexibility index (Phi) is 5.28. The zero-order valence-corrected chi connectivity index (χ0v) is 20.0. The average Bonchev–Trinajstić information content (AvgIpc) is 3.33. The van der Waals surface area contributed by atoms with Gasteiger partial charge in [0.2, 0.25) is 0 Å². The number of benzene rings is 2. The number of anilines is 1. The fourth-order valence-corrected chi connectivity index (χ4v) is 4.95. The lowest BCUT2D eigenvalue weighted by Gasteiger charge is -2.15. The van der Waals surface area contributed by atoms with E-state index in [1.807, 2.05) is 0 Å². The molecule has 10 nitrogen and oxygen atoms in total. The van der Waals surface area contributed by atoms with Crippen LogP contribution >= 0.6 is 11.3 Å². The van der Waals surface area contributed by atoms with E-state index in [1.165, 1.54) is 44.6 Å². The van der Waals surface area contributed by atoms with E-state index < -0.39 is 23.3 Å². The molecule has 1 aliphatic heterocycles. The Labute approximate surface area is 202 Å². The molecule has 3 heterocycles. The van der Waals surface area contributed by atoms with Gasteiger partial charge in [0, 0.05) is 6.07 Å². The molecule has 35 heavy (non-hydrogen) atoms. The number of nitrogens with zero attached hydrogens (tertiary/aromatic N) is 3. The highest BCUT2D eigenvalue weighted by Gasteiger charge is 2.42. The number of ether oxygens (including phenoxy) is 3. The third-order valence-electron chi connectivity index (χ3n) is 5.48. The van der Waals surface area contributed by atoms with Gasteiger partial charge in [0.05, 0.1) is 42.5 Å². The van der Waals surface area contributed by atoms with Gasteiger partial charge >= 0.3 is 5.97 Å². The van der Waals surface area contributed by atoms with Crippen LogP contribution in [0, 0.1) is 0 Å². The molecule has 0 radical (unpaired) electrons. The van der Waals surface area contributed by atoms with Crippen molar-refractivity contribution >= 4 is 50.7 Å². The van der Waals surface area contributed by atoms with Crippen molar-refractivity contribution in [1.82, 2.24) is 9.38 Å². The Morgan fingerprint density at radius 2 is 1.63 bits per heavy atom. The van der Waals surface area contributed by atoms with Gasteiger partial charge in [0.15, 0.2) is 16.5 Å². The van der Waals surface area contributed by atoms with E-state index in [2.05, 4.69) is 4.98 Å². The van der Waals surface area contributed by atoms with Crippen LogP contribution in [0.25, 0.3) is 15.9 Å². The summed E-state index contributed by atoms with van der Waals surface area (Å²) in [5, 5.41) is 0.215. The number of carbonyl (C=O) groups is 3. The van der Waals surface area contributed by atoms with Crippen LogP contribution < -0.4 is 19.9 Å². The first kappa shape index (κ1) is 22.5. The quantitative estimate of drug-likeness (QED) is 0.307. The number of methoxy groups -OCH3 is 2. The maximum absolute atomic E-state index is 13.4. The number of carbonyl (C=O) groups excluding carboxylic acids is 3. The van der Waals surface area contributed by atoms with E-state index in [9.17, 15) is 19.2 Å². The van der Waals surface area contributed by atoms with Gasteiger partial charge in [0.25, 0.3) is 17.4 Å². The molecular formula is C24H19N3O7S. The lowest BCUT2D eigenvalue weighted by Crippen LogP contribution is -2.31. The molecule has 0 spiro atoms. The van der Waals surface area contributed by atoms with Crippen LogP contribution in [0.1, 0.15) is 44.4 Å². The summed E-state index contributed by atoms with van der Waals surface area (Å²) in [6, 6.07) is 8.99. The highest BCUT2D eigenvalue weighted by atomic mass is 32.1. The predicted molar refractivity (Wildman–Crippen MR) is 128 cm³/mol. The molecule has 0 bridgehead atoms. The van der Waals surface area contributed by atoms with E-state index in [0.29, 0.717) is 17.0 Å². The maximum atomic E-state index is 13.4. The van der Waals surface area contributed by atoms with Crippen molar-refractivity contribution in [2.24, 2.45) is 0 Å². The lowest BCUT2D eigenvalue weighted by molar-refractivity contribution is 0.0377. The molecule has 5 rings (SSSR count). The first-order valence-electron chi connectivity index (χ1n) is 10.6. The topological polar surface area (TPSA) is 117 Å². The summed E-state index contributed by atoms with van der Waals surface area (Å²) in [6.07, 6.45) is -0.280. The fourth-order valence-electron chi connectivity index (χ4n) is 3.90. The molecule has 0 saturated heterocycles. The van der Waals surface area contributed by atoms with Crippen molar-refractivity contribution in [3.05, 3.63) is 62.9 Å². The third-order valence-corrected chi connectivity index (χ3v) is 6.51. The molecular weight excluding hydrogens is 474 g/mol. The van der Waals surface area contributed by atoms with Crippen molar-refractivity contribution in [3.63, 3.8) is 0 Å². The Morgan fingerprint density at radius 1 is 0.971 bits per heavy atom. The Bertz CT molecular complexity index is 1600. The van der Waals surface area contributed by atoms with Crippen molar-refractivity contribution < 1.29 is 28.6 Å². The molecule has 2 aromatic carbocycles. The van der Waals surface area contributed by atoms with E-state index in [-0.39, 0.29) is 38.3 Å². The van der Waals surface area contributed by atoms with Crippen molar-refractivity contribution in [2.75, 3.05) is 19.1 Å². The second-order valence-corrected chi connectivity index (χ2v) is 8.96. The Morgan fingerprint density at radius 3 is 2.26 bits per heavy atom. The molecule has 11 heteroatoms. The summed E-state index contributed by atoms with van der Waals surface area (Å²) in [5.41, 5.74) is 0.364. The summed E-state index contributed by atoms with van der Waals surface area (Å²) in [7, 11) is 2.92. The predicted octanol–water partition coefficient (Wildman–Crippen LogP) is 3.29. The van der Waals surface area contributed by atoms with Crippen LogP contribution in [0.3, 0.4) is 0 Å². The molecule has 178 valence electrons. The first-order valence-corrected chi connectivity index (χ1v) is 11.4. The summed E-state index contributed by atoms with van der Waals surface area (Å²) in [4.78, 5) is 57.8. The van der Waals surface area contributed by atoms with E-state index in [1.54, 1.807) is 19.9 Å². The highest BCUT2D eigenvalue weighted by molar-refractivity contribution is 7.19. The lowest BCUT2D eigenvalue weighted by atomic mass is 10.2. The summed E-state index contributed by atoms with van der Waals surface area (Å²) >= 11 is 0.958. The van der Waals surface area contributed by atoms with Gasteiger partial charge in [-0.15, -0.1) is 0 Å². The summed E-state index contributed by atoms with van der Waals surface area (Å²) in [5.74, 6) is -0.994. The van der Waals surface area contributed by atoms with Crippen LogP contribution in [-0.4, -0.2) is 47.5 Å². The van der Waals surface area contributed by atoms with Crippen molar-refractivity contribution in [2.45, 2.75) is 20.0 Å². The van der Waals surface area contributed by atoms with Crippen molar-refractivity contribution in [1.29, 1.82) is 0 Å². The number of amides is 2. The van der Waals surface area contributed by atoms with E-state index >= 15 is 0 Å². The van der Waals surface area contributed by atoms with E-state index in [4.69, 9.17) is 14.2 Å². The number of hydrogen-bond donors (Lipinski definition) is 0. The zero-order chi connectivity index (χ0) is 25.0. The summed E-state index contributed by atoms with van der Waals surface area (Å²) in [6.45, 7) is 3.48. The van der Waals surface area contributed by atoms with Crippen molar-refractivity contribution in [3.8, 4) is 11.5 Å². The van der Waals surface area contributed by atoms with Gasteiger partial charge in [-0.25, -0.2) is 19.1 Å². The Balaban J connectivity index is 1.59. The van der Waals surface area contributed by atoms with Crippen LogP contribution in [0.4, 0.5) is 5.69 Å². The molecule has 0 fully saturated rings. The summed E-state index contributed by atoms with van der Waals surface area (Å²) < 4.78 is 16.9. The van der Waals surface area contributed by atoms with Gasteiger partial charge in [-0.3, -0.25) is 14.4 Å². The van der Waals surface area contributed by atoms with E-state index in [0.717, 1.165) is 20.6 Å². The molecule has 0 aliphatic carbocycles. The molecule has 1 aliphatic rings. The molecule has 0 saturated carbocycles. The number of hydrogen-bond acceptors (Lipinski definition) is 9. The second-order valence-electron chi connectivity index (χ2n) is 7.99. The standard InChI is InChI=1S/C24H19N3O7S/c1-11(2)34-23(31)12-5-7-13(8-6-12)26-21(29)18-19(22(26)30)35-24-25-15-10-17(33-4)16(32-3)9-14(15)20(28)27(18)24/h5-11H,1-4H3.